The lowest BCUT2D eigenvalue weighted by Gasteiger charge is -2.06. The molecule has 0 bridgehead atoms. The number of halogens is 1. The zero-order valence-electron chi connectivity index (χ0n) is 15.4. The second-order valence-electron chi connectivity index (χ2n) is 6.26. The minimum atomic E-state index is -4.44. The standard InChI is InChI=1S/C22H19ClN2O3S/c23-15-22(24)25-20-13-12-19(21(14-20)29(26,27)28)11-8-16-6-9-18(10-7-16)17-4-2-1-3-5-17/h1-14H,15H2,(H2,24,25)(H,26,27,28). The number of hydrogen-bond acceptors (Lipinski definition) is 3. The minimum Gasteiger partial charge on any atom is -0.386 e. The highest BCUT2D eigenvalue weighted by Crippen LogP contribution is 2.25. The smallest absolute Gasteiger partial charge is 0.295 e. The third-order valence-corrected chi connectivity index (χ3v) is 5.34. The van der Waals surface area contributed by atoms with Crippen LogP contribution >= 0.6 is 11.6 Å². The minimum absolute atomic E-state index is 0.0157. The van der Waals surface area contributed by atoms with Crippen molar-refractivity contribution in [3.05, 3.63) is 83.9 Å². The molecule has 148 valence electrons. The van der Waals surface area contributed by atoms with Crippen LogP contribution in [0.1, 0.15) is 11.1 Å². The molecule has 3 N–H and O–H groups in total. The Morgan fingerprint density at radius 1 is 0.966 bits per heavy atom. The molecule has 0 aliphatic rings. The maximum Gasteiger partial charge on any atom is 0.295 e. The van der Waals surface area contributed by atoms with Gasteiger partial charge in [-0.05, 0) is 34.4 Å². The van der Waals surface area contributed by atoms with E-state index < -0.39 is 10.1 Å². The first-order valence-corrected chi connectivity index (χ1v) is 10.7. The molecule has 3 aromatic carbocycles. The van der Waals surface area contributed by atoms with E-state index in [-0.39, 0.29) is 16.6 Å². The summed E-state index contributed by atoms with van der Waals surface area (Å²) in [4.78, 5) is 3.76. The van der Waals surface area contributed by atoms with E-state index in [4.69, 9.17) is 17.3 Å². The Bertz CT molecular complexity index is 1160. The van der Waals surface area contributed by atoms with Crippen molar-refractivity contribution in [2.75, 3.05) is 5.88 Å². The lowest BCUT2D eigenvalue weighted by atomic mass is 10.0. The Labute approximate surface area is 174 Å². The van der Waals surface area contributed by atoms with Crippen LogP contribution in [0.3, 0.4) is 0 Å². The SMILES string of the molecule is NC(CCl)=Nc1ccc(C=Cc2ccc(-c3ccccc3)cc2)c(S(=O)(=O)O)c1. The molecule has 3 rings (SSSR count). The second kappa shape index (κ2) is 9.05. The van der Waals surface area contributed by atoms with Gasteiger partial charge >= 0.3 is 0 Å². The maximum absolute atomic E-state index is 11.8. The highest BCUT2D eigenvalue weighted by molar-refractivity contribution is 7.86. The van der Waals surface area contributed by atoms with Crippen LogP contribution in [0.15, 0.2) is 82.7 Å². The van der Waals surface area contributed by atoms with Crippen LogP contribution in [0.5, 0.6) is 0 Å². The van der Waals surface area contributed by atoms with Crippen LogP contribution in [0.2, 0.25) is 0 Å². The topological polar surface area (TPSA) is 92.8 Å². The van der Waals surface area contributed by atoms with Crippen LogP contribution in [0, 0.1) is 0 Å². The Balaban J connectivity index is 1.90. The summed E-state index contributed by atoms with van der Waals surface area (Å²) in [6.45, 7) is 0. The number of hydrogen-bond donors (Lipinski definition) is 2. The lowest BCUT2D eigenvalue weighted by molar-refractivity contribution is 0.483. The van der Waals surface area contributed by atoms with Gasteiger partial charge in [-0.3, -0.25) is 4.55 Å². The van der Waals surface area contributed by atoms with E-state index in [0.29, 0.717) is 11.3 Å². The van der Waals surface area contributed by atoms with Gasteiger partial charge < -0.3 is 5.73 Å². The van der Waals surface area contributed by atoms with Gasteiger partial charge in [-0.25, -0.2) is 4.99 Å². The van der Waals surface area contributed by atoms with Crippen molar-refractivity contribution in [3.8, 4) is 11.1 Å². The molecule has 5 nitrogen and oxygen atoms in total. The second-order valence-corrected chi connectivity index (χ2v) is 7.91. The molecular formula is C22H19ClN2O3S. The van der Waals surface area contributed by atoms with E-state index in [1.807, 2.05) is 54.6 Å². The third kappa shape index (κ3) is 5.54. The lowest BCUT2D eigenvalue weighted by Crippen LogP contribution is -2.12. The molecule has 0 aliphatic carbocycles. The maximum atomic E-state index is 11.8. The largest absolute Gasteiger partial charge is 0.386 e. The summed E-state index contributed by atoms with van der Waals surface area (Å²) in [6.07, 6.45) is 3.40. The summed E-state index contributed by atoms with van der Waals surface area (Å²) in [5, 5.41) is 0. The number of alkyl halides is 1. The Morgan fingerprint density at radius 3 is 2.24 bits per heavy atom. The van der Waals surface area contributed by atoms with Gasteiger partial charge in [0.15, 0.2) is 0 Å². The number of benzene rings is 3. The van der Waals surface area contributed by atoms with Crippen molar-refractivity contribution in [1.82, 2.24) is 0 Å². The Kier molecular flexibility index (Phi) is 6.49. The van der Waals surface area contributed by atoms with Gasteiger partial charge in [0, 0.05) is 0 Å². The van der Waals surface area contributed by atoms with Crippen molar-refractivity contribution in [3.63, 3.8) is 0 Å². The molecule has 0 atom stereocenters. The number of nitrogens with zero attached hydrogens (tertiary/aromatic N) is 1. The fraction of sp³-hybridized carbons (Fsp3) is 0.0455. The van der Waals surface area contributed by atoms with E-state index >= 15 is 0 Å². The molecule has 29 heavy (non-hydrogen) atoms. The van der Waals surface area contributed by atoms with Gasteiger partial charge in [0.1, 0.15) is 10.7 Å². The molecule has 3 aromatic rings. The van der Waals surface area contributed by atoms with Crippen molar-refractivity contribution in [2.24, 2.45) is 10.7 Å². The number of nitrogens with two attached hydrogens (primary N) is 1. The van der Waals surface area contributed by atoms with Gasteiger partial charge in [-0.1, -0.05) is 72.8 Å². The Morgan fingerprint density at radius 2 is 1.62 bits per heavy atom. The highest BCUT2D eigenvalue weighted by Gasteiger charge is 2.15. The summed E-state index contributed by atoms with van der Waals surface area (Å²) < 4.78 is 33.2. The number of rotatable bonds is 6. The van der Waals surface area contributed by atoms with Gasteiger partial charge in [-0.15, -0.1) is 11.6 Å². The van der Waals surface area contributed by atoms with Gasteiger partial charge in [-0.2, -0.15) is 8.42 Å². The van der Waals surface area contributed by atoms with Crippen LogP contribution in [-0.4, -0.2) is 24.7 Å². The quantitative estimate of drug-likeness (QED) is 0.191. The first-order valence-electron chi connectivity index (χ1n) is 8.71. The highest BCUT2D eigenvalue weighted by atomic mass is 35.5. The van der Waals surface area contributed by atoms with E-state index in [0.717, 1.165) is 16.7 Å². The molecule has 0 radical (unpaired) electrons. The molecule has 0 fully saturated rings. The predicted molar refractivity (Wildman–Crippen MR) is 119 cm³/mol. The summed E-state index contributed by atoms with van der Waals surface area (Å²) in [5.41, 5.74) is 9.30. The average molecular weight is 427 g/mol. The summed E-state index contributed by atoms with van der Waals surface area (Å²) in [6, 6.07) is 22.3. The fourth-order valence-electron chi connectivity index (χ4n) is 2.75. The van der Waals surface area contributed by atoms with Crippen molar-refractivity contribution in [2.45, 2.75) is 4.90 Å². The molecule has 0 spiro atoms. The van der Waals surface area contributed by atoms with E-state index in [9.17, 15) is 13.0 Å². The van der Waals surface area contributed by atoms with Crippen LogP contribution in [0.25, 0.3) is 23.3 Å². The first-order chi connectivity index (χ1) is 13.9. The molecular weight excluding hydrogens is 408 g/mol. The molecule has 0 aromatic heterocycles. The normalized spacial score (nSPS) is 12.4. The van der Waals surface area contributed by atoms with Crippen LogP contribution < -0.4 is 5.73 Å². The first kappa shape index (κ1) is 20.8. The van der Waals surface area contributed by atoms with Gasteiger partial charge in [0.05, 0.1) is 11.6 Å². The molecule has 0 aliphatic heterocycles. The van der Waals surface area contributed by atoms with Crippen molar-refractivity contribution < 1.29 is 13.0 Å². The van der Waals surface area contributed by atoms with E-state index in [1.165, 1.54) is 6.07 Å². The van der Waals surface area contributed by atoms with Crippen molar-refractivity contribution >= 4 is 45.4 Å². The van der Waals surface area contributed by atoms with Gasteiger partial charge in [0.2, 0.25) is 0 Å². The predicted octanol–water partition coefficient (Wildman–Crippen LogP) is 5.00. The summed E-state index contributed by atoms with van der Waals surface area (Å²) >= 11 is 5.60. The fourth-order valence-corrected chi connectivity index (χ4v) is 3.52. The molecule has 0 saturated heterocycles. The van der Waals surface area contributed by atoms with E-state index in [1.54, 1.807) is 24.3 Å². The number of amidine groups is 1. The molecule has 0 heterocycles. The molecule has 7 heteroatoms. The van der Waals surface area contributed by atoms with E-state index in [2.05, 4.69) is 4.99 Å². The van der Waals surface area contributed by atoms with Crippen molar-refractivity contribution in [1.29, 1.82) is 0 Å². The Hall–Kier alpha value is -2.93. The van der Waals surface area contributed by atoms with Gasteiger partial charge in [0.25, 0.3) is 10.1 Å². The summed E-state index contributed by atoms with van der Waals surface area (Å²) in [5.74, 6) is 0.164. The molecule has 0 amide bonds. The average Bonchev–Trinajstić information content (AvgIpc) is 2.73. The molecule has 0 saturated carbocycles. The number of aliphatic imine (C=N–C) groups is 1. The zero-order valence-corrected chi connectivity index (χ0v) is 16.9. The monoisotopic (exact) mass is 426 g/mol. The summed E-state index contributed by atoms with van der Waals surface area (Å²) in [7, 11) is -4.44. The van der Waals surface area contributed by atoms with Crippen LogP contribution in [0.4, 0.5) is 5.69 Å². The zero-order chi connectivity index (χ0) is 20.9. The molecule has 0 unspecified atom stereocenters. The van der Waals surface area contributed by atoms with Crippen LogP contribution in [-0.2, 0) is 10.1 Å². The third-order valence-electron chi connectivity index (χ3n) is 4.16.